The van der Waals surface area contributed by atoms with Gasteiger partial charge in [0.25, 0.3) is 0 Å². The summed E-state index contributed by atoms with van der Waals surface area (Å²) in [5.74, 6) is 5.78. The monoisotopic (exact) mass is 382 g/mol. The Morgan fingerprint density at radius 3 is 1.43 bits per heavy atom. The number of alkyl halides is 1. The van der Waals surface area contributed by atoms with Crippen LogP contribution < -0.4 is 0 Å². The summed E-state index contributed by atoms with van der Waals surface area (Å²) in [6.45, 7) is 0. The minimum absolute atomic E-state index is 1.15. The molecule has 0 atom stereocenters. The molecule has 4 aliphatic rings. The number of hydrogen-bond acceptors (Lipinski definition) is 0. The summed E-state index contributed by atoms with van der Waals surface area (Å²) in [6, 6.07) is 0. The molecule has 0 nitrogen and oxygen atoms in total. The van der Waals surface area contributed by atoms with Gasteiger partial charge in [-0.3, -0.25) is 0 Å². The van der Waals surface area contributed by atoms with Crippen LogP contribution in [-0.2, 0) is 0 Å². The molecule has 4 aliphatic carbocycles. The molecule has 0 amide bonds. The maximum Gasteiger partial charge on any atom is 0.00313 e. The quantitative estimate of drug-likeness (QED) is 0.239. The Kier molecular flexibility index (Phi) is 7.81. The summed E-state index contributed by atoms with van der Waals surface area (Å²) in [5, 5.41) is 1.19. The lowest BCUT2D eigenvalue weighted by Crippen LogP contribution is -2.44. The Labute approximate surface area is 153 Å². The molecular weight excluding hydrogens is 344 g/mol. The molecule has 4 saturated carbocycles. The first kappa shape index (κ1) is 18.3. The van der Waals surface area contributed by atoms with Gasteiger partial charge in [-0.25, -0.2) is 0 Å². The highest BCUT2D eigenvalue weighted by Gasteiger charge is 2.47. The Balaban J connectivity index is 1.16. The summed E-state index contributed by atoms with van der Waals surface area (Å²) in [7, 11) is 0. The second kappa shape index (κ2) is 9.83. The fourth-order valence-corrected chi connectivity index (χ4v) is 6.79. The first-order valence-electron chi connectivity index (χ1n) is 10.9. The minimum atomic E-state index is 1.15. The third-order valence-electron chi connectivity index (χ3n) is 7.34. The first-order valence-corrected chi connectivity index (χ1v) is 12.0. The van der Waals surface area contributed by atoms with Crippen LogP contribution in [0.4, 0.5) is 0 Å². The highest BCUT2D eigenvalue weighted by molar-refractivity contribution is 9.09. The standard InChI is InChI=1S/C22H39Br/c23-12-10-8-6-4-2-1-3-5-7-9-11-22-20-14-18-13-19(16-20)17-21(22)15-18/h18-22H,1-17H2. The van der Waals surface area contributed by atoms with Crippen LogP contribution in [0.1, 0.15) is 103 Å². The zero-order valence-electron chi connectivity index (χ0n) is 15.3. The molecule has 0 aromatic rings. The Morgan fingerprint density at radius 1 is 0.522 bits per heavy atom. The molecule has 4 fully saturated rings. The van der Waals surface area contributed by atoms with E-state index in [1.807, 2.05) is 0 Å². The average molecular weight is 383 g/mol. The van der Waals surface area contributed by atoms with E-state index in [0.717, 1.165) is 29.6 Å². The second-order valence-corrected chi connectivity index (χ2v) is 9.90. The van der Waals surface area contributed by atoms with Gasteiger partial charge in [-0.15, -0.1) is 0 Å². The van der Waals surface area contributed by atoms with Gasteiger partial charge in [0.1, 0.15) is 0 Å². The van der Waals surface area contributed by atoms with Crippen LogP contribution in [-0.4, -0.2) is 5.33 Å². The molecule has 0 saturated heterocycles. The first-order chi connectivity index (χ1) is 11.4. The number of unbranched alkanes of at least 4 members (excludes halogenated alkanes) is 9. The molecular formula is C22H39Br. The molecule has 0 aromatic carbocycles. The fourth-order valence-electron chi connectivity index (χ4n) is 6.40. The normalized spacial score (nSPS) is 35.1. The molecule has 0 heterocycles. The van der Waals surface area contributed by atoms with Crippen LogP contribution in [0.15, 0.2) is 0 Å². The second-order valence-electron chi connectivity index (χ2n) is 9.11. The van der Waals surface area contributed by atoms with Crippen molar-refractivity contribution in [3.05, 3.63) is 0 Å². The topological polar surface area (TPSA) is 0 Å². The highest BCUT2D eigenvalue weighted by atomic mass is 79.9. The molecule has 1 heteroatoms. The molecule has 0 radical (unpaired) electrons. The van der Waals surface area contributed by atoms with E-state index in [2.05, 4.69) is 15.9 Å². The van der Waals surface area contributed by atoms with Crippen molar-refractivity contribution in [1.29, 1.82) is 0 Å². The van der Waals surface area contributed by atoms with Crippen LogP contribution in [0.3, 0.4) is 0 Å². The molecule has 23 heavy (non-hydrogen) atoms. The zero-order valence-corrected chi connectivity index (χ0v) is 16.9. The molecule has 0 aromatic heterocycles. The predicted octanol–water partition coefficient (Wildman–Crippen LogP) is 7.74. The molecule has 4 bridgehead atoms. The van der Waals surface area contributed by atoms with Gasteiger partial charge in [-0.1, -0.05) is 73.7 Å². The Morgan fingerprint density at radius 2 is 0.957 bits per heavy atom. The molecule has 0 unspecified atom stereocenters. The Bertz CT molecular complexity index is 296. The van der Waals surface area contributed by atoms with Crippen molar-refractivity contribution in [3.63, 3.8) is 0 Å². The maximum absolute atomic E-state index is 3.52. The molecule has 0 N–H and O–H groups in total. The smallest absolute Gasteiger partial charge is 0.00313 e. The Hall–Kier alpha value is 0.480. The van der Waals surface area contributed by atoms with E-state index in [0.29, 0.717) is 0 Å². The van der Waals surface area contributed by atoms with E-state index in [1.165, 1.54) is 69.5 Å². The van der Waals surface area contributed by atoms with Crippen molar-refractivity contribution in [2.75, 3.05) is 5.33 Å². The van der Waals surface area contributed by atoms with Crippen molar-refractivity contribution >= 4 is 15.9 Å². The van der Waals surface area contributed by atoms with E-state index in [9.17, 15) is 0 Å². The molecule has 134 valence electrons. The fraction of sp³-hybridized carbons (Fsp3) is 1.00. The largest absolute Gasteiger partial charge is 0.0928 e. The number of hydrogen-bond donors (Lipinski definition) is 0. The van der Waals surface area contributed by atoms with Crippen molar-refractivity contribution in [2.45, 2.75) is 103 Å². The highest BCUT2D eigenvalue weighted by Crippen LogP contribution is 2.57. The van der Waals surface area contributed by atoms with Gasteiger partial charge >= 0.3 is 0 Å². The lowest BCUT2D eigenvalue weighted by Gasteiger charge is -2.54. The SMILES string of the molecule is BrCCCCCCCCCCCCC1C2CC3CC(C2)CC1C3. The molecule has 4 rings (SSSR count). The van der Waals surface area contributed by atoms with Crippen LogP contribution in [0.25, 0.3) is 0 Å². The summed E-state index contributed by atoms with van der Waals surface area (Å²) in [4.78, 5) is 0. The van der Waals surface area contributed by atoms with Gasteiger partial charge in [0, 0.05) is 5.33 Å². The third-order valence-corrected chi connectivity index (χ3v) is 7.90. The predicted molar refractivity (Wildman–Crippen MR) is 105 cm³/mol. The van der Waals surface area contributed by atoms with E-state index in [4.69, 9.17) is 0 Å². The van der Waals surface area contributed by atoms with Crippen molar-refractivity contribution in [3.8, 4) is 0 Å². The van der Waals surface area contributed by atoms with Crippen LogP contribution in [0.2, 0.25) is 0 Å². The van der Waals surface area contributed by atoms with Crippen LogP contribution in [0, 0.1) is 29.6 Å². The van der Waals surface area contributed by atoms with Gasteiger partial charge in [-0.2, -0.15) is 0 Å². The van der Waals surface area contributed by atoms with E-state index in [1.54, 1.807) is 38.5 Å². The van der Waals surface area contributed by atoms with E-state index in [-0.39, 0.29) is 0 Å². The summed E-state index contributed by atoms with van der Waals surface area (Å²) >= 11 is 3.52. The lowest BCUT2D eigenvalue weighted by atomic mass is 9.51. The third kappa shape index (κ3) is 5.48. The van der Waals surface area contributed by atoms with E-state index >= 15 is 0 Å². The minimum Gasteiger partial charge on any atom is -0.0928 e. The summed E-state index contributed by atoms with van der Waals surface area (Å²) < 4.78 is 0. The van der Waals surface area contributed by atoms with Crippen molar-refractivity contribution in [1.82, 2.24) is 0 Å². The number of halogens is 1. The van der Waals surface area contributed by atoms with Crippen LogP contribution in [0.5, 0.6) is 0 Å². The molecule has 0 aliphatic heterocycles. The van der Waals surface area contributed by atoms with Crippen LogP contribution >= 0.6 is 15.9 Å². The maximum atomic E-state index is 3.52. The van der Waals surface area contributed by atoms with Crippen molar-refractivity contribution in [2.24, 2.45) is 29.6 Å². The summed E-state index contributed by atoms with van der Waals surface area (Å²) in [5.41, 5.74) is 0. The zero-order chi connectivity index (χ0) is 15.9. The van der Waals surface area contributed by atoms with Gasteiger partial charge in [0.2, 0.25) is 0 Å². The average Bonchev–Trinajstić information content (AvgIpc) is 2.54. The number of rotatable bonds is 12. The van der Waals surface area contributed by atoms with Crippen molar-refractivity contribution < 1.29 is 0 Å². The van der Waals surface area contributed by atoms with Gasteiger partial charge < -0.3 is 0 Å². The lowest BCUT2D eigenvalue weighted by molar-refractivity contribution is -0.0404. The molecule has 0 spiro atoms. The van der Waals surface area contributed by atoms with Gasteiger partial charge in [0.05, 0.1) is 0 Å². The summed E-state index contributed by atoms with van der Waals surface area (Å²) in [6.07, 6.45) is 24.4. The van der Waals surface area contributed by atoms with Gasteiger partial charge in [0.15, 0.2) is 0 Å². The van der Waals surface area contributed by atoms with E-state index < -0.39 is 0 Å². The van der Waals surface area contributed by atoms with Gasteiger partial charge in [-0.05, 0) is 74.5 Å².